The fourth-order valence-electron chi connectivity index (χ4n) is 11.5. The molecule has 0 unspecified atom stereocenters. The summed E-state index contributed by atoms with van der Waals surface area (Å²) in [5.41, 5.74) is 16.9. The smallest absolute Gasteiger partial charge is 0.164 e. The van der Waals surface area contributed by atoms with Gasteiger partial charge in [-0.05, 0) is 96.1 Å². The van der Waals surface area contributed by atoms with Gasteiger partial charge in [0, 0.05) is 96.3 Å². The van der Waals surface area contributed by atoms with E-state index in [-0.39, 0.29) is 0 Å². The third kappa shape index (κ3) is 6.74. The van der Waals surface area contributed by atoms with E-state index in [0.717, 1.165) is 83.5 Å². The van der Waals surface area contributed by atoms with Crippen molar-refractivity contribution < 1.29 is 0 Å². The van der Waals surface area contributed by atoms with Crippen molar-refractivity contribution in [3.05, 3.63) is 255 Å². The summed E-state index contributed by atoms with van der Waals surface area (Å²) < 4.78 is 7.45. The largest absolute Gasteiger partial charge is 0.309 e. The van der Waals surface area contributed by atoms with Gasteiger partial charge in [-0.3, -0.25) is 9.97 Å². The Morgan fingerprint density at radius 3 is 1.13 bits per heavy atom. The van der Waals surface area contributed by atoms with E-state index in [0.29, 0.717) is 17.5 Å². The molecule has 9 aromatic carbocycles. The van der Waals surface area contributed by atoms with Gasteiger partial charge >= 0.3 is 0 Å². The molecule has 0 N–H and O–H groups in total. The van der Waals surface area contributed by atoms with E-state index >= 15 is 0 Å². The second-order valence-electron chi connectivity index (χ2n) is 18.9. The summed E-state index contributed by atoms with van der Waals surface area (Å²) in [5, 5.41) is 7.14. The quantitative estimate of drug-likeness (QED) is 0.152. The summed E-state index contributed by atoms with van der Waals surface area (Å²) in [6.07, 6.45) is 7.07. The Morgan fingerprint density at radius 1 is 0.267 bits per heavy atom. The van der Waals surface area contributed by atoms with Gasteiger partial charge in [0.05, 0.1) is 38.8 Å². The predicted molar refractivity (Wildman–Crippen MR) is 306 cm³/mol. The topological polar surface area (TPSA) is 79.2 Å². The van der Waals surface area contributed by atoms with Crippen molar-refractivity contribution in [2.24, 2.45) is 0 Å². The van der Waals surface area contributed by atoms with Gasteiger partial charge in [0.1, 0.15) is 0 Å². The molecule has 15 aromatic rings. The van der Waals surface area contributed by atoms with E-state index in [4.69, 9.17) is 15.0 Å². The van der Waals surface area contributed by atoms with Crippen LogP contribution in [-0.2, 0) is 0 Å². The zero-order chi connectivity index (χ0) is 49.4. The summed E-state index contributed by atoms with van der Waals surface area (Å²) in [4.78, 5) is 24.1. The van der Waals surface area contributed by atoms with E-state index in [2.05, 4.69) is 230 Å². The number of aromatic nitrogens is 8. The molecule has 6 aromatic heterocycles. The fraction of sp³-hybridized carbons (Fsp3) is 0. The molecular weight excluding hydrogens is 917 g/mol. The average molecular weight is 959 g/mol. The van der Waals surface area contributed by atoms with Crippen LogP contribution in [0, 0.1) is 0 Å². The molecule has 0 atom stereocenters. The van der Waals surface area contributed by atoms with E-state index < -0.39 is 0 Å². The minimum Gasteiger partial charge on any atom is -0.309 e. The zero-order valence-electron chi connectivity index (χ0n) is 40.3. The summed E-state index contributed by atoms with van der Waals surface area (Å²) in [7, 11) is 0. The third-order valence-corrected chi connectivity index (χ3v) is 14.7. The molecule has 350 valence electrons. The molecule has 0 bridgehead atoms. The van der Waals surface area contributed by atoms with Crippen LogP contribution in [0.4, 0.5) is 0 Å². The number of rotatable bonds is 8. The van der Waals surface area contributed by atoms with Crippen molar-refractivity contribution in [2.75, 3.05) is 0 Å². The molecule has 0 aliphatic rings. The third-order valence-electron chi connectivity index (χ3n) is 14.7. The molecule has 0 amide bonds. The van der Waals surface area contributed by atoms with Gasteiger partial charge in [0.2, 0.25) is 0 Å². The first kappa shape index (κ1) is 42.4. The first-order valence-corrected chi connectivity index (χ1v) is 25.1. The normalized spacial score (nSPS) is 11.7. The average Bonchev–Trinajstić information content (AvgIpc) is 4.16. The standard InChI is InChI=1S/C67H42N8/c1-5-17-43(18-6-1)54-41-47(67-71-65(45-33-37-68-38-34-45)70-66(72-67)46-35-39-69-40-36-46)42-55(44-19-7-2-8-20-44)62(54)75-57-28-16-14-26-53(57)61-59(75)32-30-51-50-29-31-58-60(63(50)74(64(51)61)49-23-11-4-12-24-49)52-25-13-15-27-56(52)73(58)48-21-9-3-10-22-48/h1-42H. The first-order chi connectivity index (χ1) is 37.2. The lowest BCUT2D eigenvalue weighted by molar-refractivity contribution is 1.07. The molecule has 0 aliphatic carbocycles. The van der Waals surface area contributed by atoms with Crippen LogP contribution in [0.3, 0.4) is 0 Å². The Labute approximate surface area is 430 Å². The Balaban J connectivity index is 1.08. The van der Waals surface area contributed by atoms with Crippen molar-refractivity contribution in [1.29, 1.82) is 0 Å². The van der Waals surface area contributed by atoms with Gasteiger partial charge in [0.25, 0.3) is 0 Å². The van der Waals surface area contributed by atoms with Crippen molar-refractivity contribution in [1.82, 2.24) is 38.6 Å². The van der Waals surface area contributed by atoms with Gasteiger partial charge in [-0.1, -0.05) is 146 Å². The summed E-state index contributed by atoms with van der Waals surface area (Å²) in [6.45, 7) is 0. The highest BCUT2D eigenvalue weighted by atomic mass is 15.1. The molecule has 8 heteroatoms. The first-order valence-electron chi connectivity index (χ1n) is 25.1. The fourth-order valence-corrected chi connectivity index (χ4v) is 11.5. The number of pyridine rings is 2. The van der Waals surface area contributed by atoms with Crippen LogP contribution >= 0.6 is 0 Å². The molecule has 0 spiro atoms. The van der Waals surface area contributed by atoms with Crippen LogP contribution in [0.5, 0.6) is 0 Å². The van der Waals surface area contributed by atoms with Gasteiger partial charge < -0.3 is 13.7 Å². The number of hydrogen-bond donors (Lipinski definition) is 0. The number of hydrogen-bond acceptors (Lipinski definition) is 5. The van der Waals surface area contributed by atoms with Crippen LogP contribution in [0.1, 0.15) is 0 Å². The van der Waals surface area contributed by atoms with Crippen LogP contribution in [-0.4, -0.2) is 38.6 Å². The molecule has 0 radical (unpaired) electrons. The van der Waals surface area contributed by atoms with E-state index in [9.17, 15) is 0 Å². The SMILES string of the molecule is c1ccc(-c2cc(-c3nc(-c4ccncc4)nc(-c4ccncc4)n3)cc(-c3ccccc3)c2-n2c3ccccc3c3c2ccc2c4ccc5c(c6ccccc6n5-c5ccccc5)c4n(-c4ccccc4)c23)cc1. The number of fused-ring (bicyclic) bond motifs is 11. The monoisotopic (exact) mass is 958 g/mol. The van der Waals surface area contributed by atoms with E-state index in [1.807, 2.05) is 24.3 Å². The Kier molecular flexibility index (Phi) is 9.71. The minimum absolute atomic E-state index is 0.556. The molecule has 0 saturated heterocycles. The molecule has 15 rings (SSSR count). The van der Waals surface area contributed by atoms with Gasteiger partial charge in [-0.25, -0.2) is 15.0 Å². The summed E-state index contributed by atoms with van der Waals surface area (Å²) >= 11 is 0. The predicted octanol–water partition coefficient (Wildman–Crippen LogP) is 16.3. The summed E-state index contributed by atoms with van der Waals surface area (Å²) in [5.74, 6) is 1.67. The Morgan fingerprint density at radius 2 is 0.653 bits per heavy atom. The lowest BCUT2D eigenvalue weighted by Gasteiger charge is -2.21. The lowest BCUT2D eigenvalue weighted by atomic mass is 9.92. The molecule has 75 heavy (non-hydrogen) atoms. The Bertz CT molecular complexity index is 4550. The van der Waals surface area contributed by atoms with Gasteiger partial charge in [0.15, 0.2) is 17.5 Å². The molecule has 8 nitrogen and oxygen atoms in total. The molecule has 0 fully saturated rings. The number of para-hydroxylation sites is 4. The number of nitrogens with zero attached hydrogens (tertiary/aromatic N) is 8. The molecule has 0 aliphatic heterocycles. The highest BCUT2D eigenvalue weighted by Crippen LogP contribution is 2.49. The van der Waals surface area contributed by atoms with E-state index in [1.54, 1.807) is 24.8 Å². The van der Waals surface area contributed by atoms with Crippen molar-refractivity contribution in [3.8, 4) is 73.5 Å². The number of benzene rings is 9. The van der Waals surface area contributed by atoms with Crippen LogP contribution < -0.4 is 0 Å². The van der Waals surface area contributed by atoms with E-state index in [1.165, 1.54) is 38.0 Å². The molecule has 0 saturated carbocycles. The van der Waals surface area contributed by atoms with Crippen molar-refractivity contribution in [3.63, 3.8) is 0 Å². The molecule has 6 heterocycles. The van der Waals surface area contributed by atoms with Crippen molar-refractivity contribution >= 4 is 65.4 Å². The van der Waals surface area contributed by atoms with Crippen LogP contribution in [0.15, 0.2) is 255 Å². The maximum absolute atomic E-state index is 5.24. The lowest BCUT2D eigenvalue weighted by Crippen LogP contribution is -2.04. The maximum atomic E-state index is 5.24. The second kappa shape index (κ2) is 17.2. The molecular formula is C67H42N8. The Hall–Kier alpha value is -10.3. The second-order valence-corrected chi connectivity index (χ2v) is 18.9. The van der Waals surface area contributed by atoms with Crippen LogP contribution in [0.2, 0.25) is 0 Å². The van der Waals surface area contributed by atoms with Gasteiger partial charge in [-0.2, -0.15) is 0 Å². The zero-order valence-corrected chi connectivity index (χ0v) is 40.3. The summed E-state index contributed by atoms with van der Waals surface area (Å²) in [6, 6.07) is 82.4. The minimum atomic E-state index is 0.556. The highest BCUT2D eigenvalue weighted by molar-refractivity contribution is 6.31. The maximum Gasteiger partial charge on any atom is 0.164 e. The van der Waals surface area contributed by atoms with Gasteiger partial charge in [-0.15, -0.1) is 0 Å². The van der Waals surface area contributed by atoms with Crippen LogP contribution in [0.25, 0.3) is 139 Å². The highest BCUT2D eigenvalue weighted by Gasteiger charge is 2.27. The van der Waals surface area contributed by atoms with Crippen molar-refractivity contribution in [2.45, 2.75) is 0 Å².